The molecule has 2 fully saturated rings. The number of carbonyl (C=O) groups excluding carboxylic acids is 2. The Bertz CT molecular complexity index is 955. The number of anilines is 1. The molecule has 0 radical (unpaired) electrons. The van der Waals surface area contributed by atoms with Crippen LogP contribution >= 0.6 is 11.3 Å². The van der Waals surface area contributed by atoms with Gasteiger partial charge in [-0.15, -0.1) is 11.3 Å². The van der Waals surface area contributed by atoms with E-state index in [9.17, 15) is 9.59 Å². The first-order valence-corrected chi connectivity index (χ1v) is 10.8. The molecule has 28 heavy (non-hydrogen) atoms. The van der Waals surface area contributed by atoms with Gasteiger partial charge in [0.05, 0.1) is 12.5 Å². The van der Waals surface area contributed by atoms with Gasteiger partial charge in [0, 0.05) is 34.1 Å². The van der Waals surface area contributed by atoms with Crippen LogP contribution in [0.15, 0.2) is 36.4 Å². The number of nitrogens with one attached hydrogen (secondary N) is 1. The highest BCUT2D eigenvalue weighted by atomic mass is 32.1. The molecular weight excluding hydrogens is 370 g/mol. The molecular formula is C22H25N3O2S. The Morgan fingerprint density at radius 2 is 2.14 bits per heavy atom. The largest absolute Gasteiger partial charge is 0.340 e. The molecule has 3 aliphatic rings. The van der Waals surface area contributed by atoms with Crippen molar-refractivity contribution >= 4 is 28.8 Å². The molecule has 6 heteroatoms. The van der Waals surface area contributed by atoms with Gasteiger partial charge in [-0.25, -0.2) is 0 Å². The number of carbonyl (C=O) groups is 2. The van der Waals surface area contributed by atoms with Gasteiger partial charge in [-0.05, 0) is 50.9 Å². The number of aryl methyl sites for hydroxylation is 1. The van der Waals surface area contributed by atoms with Crippen molar-refractivity contribution in [1.29, 1.82) is 0 Å². The summed E-state index contributed by atoms with van der Waals surface area (Å²) in [5.41, 5.74) is 0.978. The molecule has 2 amide bonds. The van der Waals surface area contributed by atoms with Crippen molar-refractivity contribution in [3.63, 3.8) is 0 Å². The highest BCUT2D eigenvalue weighted by Crippen LogP contribution is 2.55. The van der Waals surface area contributed by atoms with Crippen LogP contribution in [0.5, 0.6) is 0 Å². The summed E-state index contributed by atoms with van der Waals surface area (Å²) in [5, 5.41) is 3.07. The van der Waals surface area contributed by atoms with Crippen LogP contribution in [0.4, 0.5) is 5.69 Å². The standard InChI is InChI=1S/C22H25N3O2S/c1-14-9-10-16(28-14)13-24(2)20(26)18-12-15-6-5-11-25(15)22(18)17-7-3-4-8-19(17)23-21(22)27/h3-4,7-10,15,18H,5-6,11-13H2,1-2H3,(H,23,27)/t15-,18-,22+/m1/s1. The Hall–Kier alpha value is -2.18. The first-order chi connectivity index (χ1) is 13.5. The minimum Gasteiger partial charge on any atom is -0.340 e. The molecule has 0 aliphatic carbocycles. The zero-order valence-electron chi connectivity index (χ0n) is 16.3. The second-order valence-electron chi connectivity index (χ2n) is 8.25. The maximum atomic E-state index is 13.6. The Morgan fingerprint density at radius 3 is 2.93 bits per heavy atom. The average molecular weight is 396 g/mol. The highest BCUT2D eigenvalue weighted by molar-refractivity contribution is 7.11. The number of para-hydroxylation sites is 1. The number of hydrogen-bond donors (Lipinski definition) is 1. The molecule has 0 saturated carbocycles. The molecule has 5 nitrogen and oxygen atoms in total. The molecule has 2 saturated heterocycles. The Balaban J connectivity index is 1.53. The number of hydrogen-bond acceptors (Lipinski definition) is 4. The average Bonchev–Trinajstić information content (AvgIpc) is 3.41. The molecule has 1 aromatic heterocycles. The zero-order valence-corrected chi connectivity index (χ0v) is 17.1. The summed E-state index contributed by atoms with van der Waals surface area (Å²) < 4.78 is 0. The lowest BCUT2D eigenvalue weighted by molar-refractivity contribution is -0.143. The lowest BCUT2D eigenvalue weighted by Crippen LogP contribution is -2.54. The van der Waals surface area contributed by atoms with Crippen molar-refractivity contribution in [2.45, 2.75) is 44.3 Å². The lowest BCUT2D eigenvalue weighted by Gasteiger charge is -2.37. The van der Waals surface area contributed by atoms with Crippen molar-refractivity contribution in [2.75, 3.05) is 18.9 Å². The minimum absolute atomic E-state index is 0.0307. The van der Waals surface area contributed by atoms with Gasteiger partial charge in [0.2, 0.25) is 11.8 Å². The molecule has 1 aromatic carbocycles. The molecule has 1 N–H and O–H groups in total. The van der Waals surface area contributed by atoms with Gasteiger partial charge in [-0.1, -0.05) is 18.2 Å². The predicted molar refractivity (Wildman–Crippen MR) is 110 cm³/mol. The summed E-state index contributed by atoms with van der Waals surface area (Å²) in [6.45, 7) is 3.55. The highest BCUT2D eigenvalue weighted by Gasteiger charge is 2.65. The van der Waals surface area contributed by atoms with Crippen LogP contribution in [0, 0.1) is 12.8 Å². The van der Waals surface area contributed by atoms with Crippen LogP contribution in [0.3, 0.4) is 0 Å². The lowest BCUT2D eigenvalue weighted by atomic mass is 9.78. The van der Waals surface area contributed by atoms with Crippen molar-refractivity contribution in [3.05, 3.63) is 51.7 Å². The summed E-state index contributed by atoms with van der Waals surface area (Å²) in [5.74, 6) is -0.295. The third-order valence-corrected chi connectivity index (χ3v) is 7.62. The van der Waals surface area contributed by atoms with E-state index in [-0.39, 0.29) is 17.7 Å². The van der Waals surface area contributed by atoms with Crippen molar-refractivity contribution in [1.82, 2.24) is 9.80 Å². The molecule has 1 spiro atoms. The van der Waals surface area contributed by atoms with Gasteiger partial charge in [0.15, 0.2) is 0 Å². The fraction of sp³-hybridized carbons (Fsp3) is 0.455. The molecule has 2 aromatic rings. The Kier molecular flexibility index (Phi) is 4.10. The number of nitrogens with zero attached hydrogens (tertiary/aromatic N) is 2. The van der Waals surface area contributed by atoms with E-state index in [1.807, 2.05) is 36.2 Å². The van der Waals surface area contributed by atoms with Gasteiger partial charge in [0.1, 0.15) is 5.54 Å². The predicted octanol–water partition coefficient (Wildman–Crippen LogP) is 3.35. The second kappa shape index (κ2) is 6.42. The number of thiophene rings is 1. The van der Waals surface area contributed by atoms with E-state index in [2.05, 4.69) is 29.3 Å². The quantitative estimate of drug-likeness (QED) is 0.867. The normalized spacial score (nSPS) is 28.4. The SMILES string of the molecule is Cc1ccc(CN(C)C(=O)[C@H]2C[C@H]3CCCN3[C@]23C(=O)Nc2ccccc23)s1. The molecule has 3 atom stereocenters. The van der Waals surface area contributed by atoms with Crippen LogP contribution in [0.25, 0.3) is 0 Å². The van der Waals surface area contributed by atoms with Crippen LogP contribution in [0.2, 0.25) is 0 Å². The third-order valence-electron chi connectivity index (χ3n) is 6.64. The molecule has 3 aliphatic heterocycles. The maximum absolute atomic E-state index is 13.6. The number of benzene rings is 1. The van der Waals surface area contributed by atoms with Crippen molar-refractivity contribution in [2.24, 2.45) is 5.92 Å². The molecule has 5 rings (SSSR count). The van der Waals surface area contributed by atoms with E-state index in [0.29, 0.717) is 12.6 Å². The smallest absolute Gasteiger partial charge is 0.250 e. The second-order valence-corrected chi connectivity index (χ2v) is 9.62. The first-order valence-electron chi connectivity index (χ1n) is 10.00. The van der Waals surface area contributed by atoms with Crippen molar-refractivity contribution < 1.29 is 9.59 Å². The van der Waals surface area contributed by atoms with Crippen molar-refractivity contribution in [3.8, 4) is 0 Å². The first kappa shape index (κ1) is 17.9. The summed E-state index contributed by atoms with van der Waals surface area (Å²) >= 11 is 1.72. The van der Waals surface area contributed by atoms with Crippen LogP contribution in [-0.2, 0) is 21.7 Å². The maximum Gasteiger partial charge on any atom is 0.250 e. The van der Waals surface area contributed by atoms with Crippen LogP contribution < -0.4 is 5.32 Å². The molecule has 0 bridgehead atoms. The topological polar surface area (TPSA) is 52.7 Å². The monoisotopic (exact) mass is 395 g/mol. The van der Waals surface area contributed by atoms with Crippen LogP contribution in [-0.4, -0.2) is 41.2 Å². The van der Waals surface area contributed by atoms with E-state index in [1.54, 1.807) is 11.3 Å². The number of amides is 2. The minimum atomic E-state index is -0.853. The van der Waals surface area contributed by atoms with Gasteiger partial charge in [0.25, 0.3) is 0 Å². The molecule has 0 unspecified atom stereocenters. The number of rotatable bonds is 3. The van der Waals surface area contributed by atoms with Gasteiger partial charge in [-0.3, -0.25) is 14.5 Å². The Morgan fingerprint density at radius 1 is 1.32 bits per heavy atom. The summed E-state index contributed by atoms with van der Waals surface area (Å²) in [6, 6.07) is 12.4. The fourth-order valence-electron chi connectivity index (χ4n) is 5.51. The zero-order chi connectivity index (χ0) is 19.5. The summed E-state index contributed by atoms with van der Waals surface area (Å²) in [7, 11) is 1.87. The van der Waals surface area contributed by atoms with Gasteiger partial charge < -0.3 is 10.2 Å². The van der Waals surface area contributed by atoms with E-state index >= 15 is 0 Å². The summed E-state index contributed by atoms with van der Waals surface area (Å²) in [6.07, 6.45) is 2.91. The van der Waals surface area contributed by atoms with Gasteiger partial charge >= 0.3 is 0 Å². The van der Waals surface area contributed by atoms with Gasteiger partial charge in [-0.2, -0.15) is 0 Å². The van der Waals surface area contributed by atoms with Crippen LogP contribution in [0.1, 0.15) is 34.6 Å². The summed E-state index contributed by atoms with van der Waals surface area (Å²) in [4.78, 5) is 33.6. The van der Waals surface area contributed by atoms with E-state index in [0.717, 1.165) is 37.1 Å². The Labute approximate surface area is 169 Å². The fourth-order valence-corrected chi connectivity index (χ4v) is 6.45. The third kappa shape index (κ3) is 2.40. The van der Waals surface area contributed by atoms with E-state index < -0.39 is 5.54 Å². The molecule has 4 heterocycles. The molecule has 146 valence electrons. The van der Waals surface area contributed by atoms with E-state index in [4.69, 9.17) is 0 Å². The number of fused-ring (bicyclic) bond motifs is 4. The van der Waals surface area contributed by atoms with E-state index in [1.165, 1.54) is 9.75 Å².